The van der Waals surface area contributed by atoms with E-state index in [9.17, 15) is 17.6 Å². The molecule has 0 aliphatic heterocycles. The third-order valence-corrected chi connectivity index (χ3v) is 9.52. The van der Waals surface area contributed by atoms with Crippen molar-refractivity contribution < 1.29 is 27.4 Å². The van der Waals surface area contributed by atoms with E-state index in [1.54, 1.807) is 0 Å². The average Bonchev–Trinajstić information content (AvgIpc) is 3.35. The number of hydrogen-bond donors (Lipinski definition) is 2. The number of sulfonamides is 1. The predicted octanol–water partition coefficient (Wildman–Crippen LogP) is 6.69. The Kier molecular flexibility index (Phi) is 7.43. The highest BCUT2D eigenvalue weighted by Gasteiger charge is 2.27. The van der Waals surface area contributed by atoms with Gasteiger partial charge in [-0.25, -0.2) is 22.6 Å². The Morgan fingerprint density at radius 2 is 1.86 bits per heavy atom. The largest absolute Gasteiger partial charge is 0.495 e. The lowest BCUT2D eigenvalue weighted by atomic mass is 9.72. The molecule has 1 atom stereocenters. The summed E-state index contributed by atoms with van der Waals surface area (Å²) in [6.07, 6.45) is 6.82. The lowest BCUT2D eigenvalue weighted by molar-refractivity contribution is 0.0691. The van der Waals surface area contributed by atoms with Gasteiger partial charge in [-0.15, -0.1) is 11.3 Å². The number of aromatic nitrogens is 1. The number of anilines is 1. The molecular formula is C27H29FN2O5S2. The van der Waals surface area contributed by atoms with E-state index in [-0.39, 0.29) is 15.6 Å². The zero-order valence-corrected chi connectivity index (χ0v) is 22.7. The number of halogens is 1. The molecule has 7 nitrogen and oxygen atoms in total. The summed E-state index contributed by atoms with van der Waals surface area (Å²) in [6.45, 7) is 6.85. The molecule has 1 unspecified atom stereocenters. The zero-order valence-electron chi connectivity index (χ0n) is 21.0. The minimum Gasteiger partial charge on any atom is -0.495 e. The van der Waals surface area contributed by atoms with E-state index in [0.717, 1.165) is 53.9 Å². The molecule has 0 radical (unpaired) electrons. The van der Waals surface area contributed by atoms with E-state index in [4.69, 9.17) is 9.84 Å². The van der Waals surface area contributed by atoms with Crippen LogP contribution < -0.4 is 9.46 Å². The van der Waals surface area contributed by atoms with Crippen molar-refractivity contribution in [2.24, 2.45) is 11.3 Å². The summed E-state index contributed by atoms with van der Waals surface area (Å²) in [6, 6.07) is 9.63. The molecule has 196 valence electrons. The standard InChI is InChI=1S/C27H29FN2O5S2/c1-27(2,3)19-11-9-17(10-12-19)16-5-7-18(8-6-16)25-29-15-24(36-25)37(33,34)30-22-14-21(28)20(26(31)32)13-23(22)35-4/h5-9,13-15,19,30H,10-12H2,1-4H3,(H,31,32). The van der Waals surface area contributed by atoms with Gasteiger partial charge < -0.3 is 9.84 Å². The maximum Gasteiger partial charge on any atom is 0.338 e. The molecular weight excluding hydrogens is 515 g/mol. The SMILES string of the molecule is COc1cc(C(=O)O)c(F)cc1NS(=O)(=O)c1cnc(-c2ccc(C3=CCC(C(C)(C)C)CC3)cc2)s1. The highest BCUT2D eigenvalue weighted by molar-refractivity contribution is 7.94. The first kappa shape index (κ1) is 26.8. The number of nitrogens with zero attached hydrogens (tertiary/aromatic N) is 1. The third-order valence-electron chi connectivity index (χ3n) is 6.65. The normalized spacial score (nSPS) is 16.2. The predicted molar refractivity (Wildman–Crippen MR) is 143 cm³/mol. The first-order chi connectivity index (χ1) is 17.4. The van der Waals surface area contributed by atoms with Crippen molar-refractivity contribution in [3.63, 3.8) is 0 Å². The fourth-order valence-electron chi connectivity index (χ4n) is 4.39. The van der Waals surface area contributed by atoms with Gasteiger partial charge in [-0.3, -0.25) is 4.72 Å². The van der Waals surface area contributed by atoms with Crippen molar-refractivity contribution in [2.45, 2.75) is 44.2 Å². The summed E-state index contributed by atoms with van der Waals surface area (Å²) in [5.41, 5.74) is 2.73. The molecule has 1 aliphatic rings. The number of carboxylic acids is 1. The van der Waals surface area contributed by atoms with Crippen molar-refractivity contribution in [3.8, 4) is 16.3 Å². The molecule has 1 aromatic heterocycles. The van der Waals surface area contributed by atoms with E-state index in [1.165, 1.54) is 18.9 Å². The van der Waals surface area contributed by atoms with Crippen LogP contribution in [-0.2, 0) is 10.0 Å². The van der Waals surface area contributed by atoms with E-state index in [0.29, 0.717) is 16.3 Å². The summed E-state index contributed by atoms with van der Waals surface area (Å²) in [5, 5.41) is 9.61. The van der Waals surface area contributed by atoms with Crippen LogP contribution in [0.15, 0.2) is 52.9 Å². The van der Waals surface area contributed by atoms with Crippen molar-refractivity contribution >= 4 is 38.6 Å². The maximum absolute atomic E-state index is 14.2. The third kappa shape index (κ3) is 5.86. The number of aromatic carboxylic acids is 1. The summed E-state index contributed by atoms with van der Waals surface area (Å²) in [7, 11) is -2.89. The Labute approximate surface area is 220 Å². The summed E-state index contributed by atoms with van der Waals surface area (Å²) >= 11 is 0.977. The van der Waals surface area contributed by atoms with Gasteiger partial charge in [0.1, 0.15) is 16.6 Å². The van der Waals surface area contributed by atoms with E-state index in [1.807, 2.05) is 24.3 Å². The van der Waals surface area contributed by atoms with Crippen LogP contribution in [-0.4, -0.2) is 31.6 Å². The molecule has 0 bridgehead atoms. The van der Waals surface area contributed by atoms with Gasteiger partial charge >= 0.3 is 5.97 Å². The molecule has 0 fully saturated rings. The second-order valence-electron chi connectivity index (χ2n) is 10.1. The number of ether oxygens (including phenoxy) is 1. The fourth-order valence-corrected chi connectivity index (χ4v) is 6.58. The zero-order chi connectivity index (χ0) is 27.0. The van der Waals surface area contributed by atoms with Gasteiger partial charge in [-0.1, -0.05) is 51.1 Å². The number of allylic oxidation sites excluding steroid dienone is 2. The summed E-state index contributed by atoms with van der Waals surface area (Å²) < 4.78 is 47.3. The molecule has 3 aromatic rings. The van der Waals surface area contributed by atoms with Gasteiger partial charge in [-0.2, -0.15) is 0 Å². The van der Waals surface area contributed by atoms with Crippen LogP contribution in [0.1, 0.15) is 56.0 Å². The van der Waals surface area contributed by atoms with Crippen molar-refractivity contribution in [2.75, 3.05) is 11.8 Å². The van der Waals surface area contributed by atoms with Crippen molar-refractivity contribution in [3.05, 3.63) is 65.6 Å². The monoisotopic (exact) mass is 544 g/mol. The topological polar surface area (TPSA) is 106 Å². The number of rotatable bonds is 7. The van der Waals surface area contributed by atoms with Crippen LogP contribution in [0.3, 0.4) is 0 Å². The molecule has 37 heavy (non-hydrogen) atoms. The number of methoxy groups -OCH3 is 1. The maximum atomic E-state index is 14.2. The minimum absolute atomic E-state index is 0.0699. The number of hydrogen-bond acceptors (Lipinski definition) is 6. The van der Waals surface area contributed by atoms with Crippen molar-refractivity contribution in [1.29, 1.82) is 0 Å². The molecule has 1 heterocycles. The lowest BCUT2D eigenvalue weighted by Gasteiger charge is -2.33. The second kappa shape index (κ2) is 10.3. The molecule has 0 saturated heterocycles. The minimum atomic E-state index is -4.12. The number of nitrogens with one attached hydrogen (secondary N) is 1. The van der Waals surface area contributed by atoms with Crippen LogP contribution in [0.5, 0.6) is 5.75 Å². The molecule has 0 spiro atoms. The van der Waals surface area contributed by atoms with Crippen molar-refractivity contribution in [1.82, 2.24) is 4.98 Å². The molecule has 2 N–H and O–H groups in total. The molecule has 2 aromatic carbocycles. The van der Waals surface area contributed by atoms with Crippen LogP contribution in [0.25, 0.3) is 16.1 Å². The van der Waals surface area contributed by atoms with Crippen LogP contribution in [0.2, 0.25) is 0 Å². The highest BCUT2D eigenvalue weighted by atomic mass is 32.2. The van der Waals surface area contributed by atoms with Crippen LogP contribution in [0.4, 0.5) is 10.1 Å². The number of benzene rings is 2. The van der Waals surface area contributed by atoms with Gasteiger partial charge in [0.05, 0.1) is 24.6 Å². The van der Waals surface area contributed by atoms with Gasteiger partial charge in [-0.05, 0) is 47.8 Å². The van der Waals surface area contributed by atoms with E-state index in [2.05, 4.69) is 36.6 Å². The van der Waals surface area contributed by atoms with Gasteiger partial charge in [0.25, 0.3) is 10.0 Å². The highest BCUT2D eigenvalue weighted by Crippen LogP contribution is 2.40. The van der Waals surface area contributed by atoms with Gasteiger partial charge in [0.15, 0.2) is 4.21 Å². The average molecular weight is 545 g/mol. The molecule has 0 saturated carbocycles. The molecule has 0 amide bonds. The molecule has 4 rings (SSSR count). The number of carboxylic acid groups (broad SMARTS) is 1. The van der Waals surface area contributed by atoms with Crippen LogP contribution >= 0.6 is 11.3 Å². The number of carbonyl (C=O) groups is 1. The smallest absolute Gasteiger partial charge is 0.338 e. The Balaban J connectivity index is 1.52. The van der Waals surface area contributed by atoms with Gasteiger partial charge in [0, 0.05) is 11.6 Å². The quantitative estimate of drug-likeness (QED) is 0.343. The Hall–Kier alpha value is -3.24. The summed E-state index contributed by atoms with van der Waals surface area (Å²) in [4.78, 5) is 15.4. The molecule has 10 heteroatoms. The fraction of sp³-hybridized carbons (Fsp3) is 0.333. The first-order valence-electron chi connectivity index (χ1n) is 11.8. The summed E-state index contributed by atoms with van der Waals surface area (Å²) in [5.74, 6) is -2.02. The second-order valence-corrected chi connectivity index (χ2v) is 13.0. The van der Waals surface area contributed by atoms with Crippen LogP contribution in [0, 0.1) is 17.2 Å². The Bertz CT molecular complexity index is 1450. The Morgan fingerprint density at radius 1 is 1.19 bits per heavy atom. The van der Waals surface area contributed by atoms with Gasteiger partial charge in [0.2, 0.25) is 0 Å². The number of thiazole rings is 1. The first-order valence-corrected chi connectivity index (χ1v) is 14.1. The lowest BCUT2D eigenvalue weighted by Crippen LogP contribution is -2.21. The van der Waals surface area contributed by atoms with E-state index < -0.39 is 27.4 Å². The van der Waals surface area contributed by atoms with E-state index >= 15 is 0 Å². The Morgan fingerprint density at radius 3 is 2.43 bits per heavy atom. The molecule has 1 aliphatic carbocycles.